The highest BCUT2D eigenvalue weighted by molar-refractivity contribution is 6.42. The van der Waals surface area contributed by atoms with Crippen LogP contribution in [-0.2, 0) is 0 Å². The van der Waals surface area contributed by atoms with E-state index in [1.165, 1.54) is 12.1 Å². The summed E-state index contributed by atoms with van der Waals surface area (Å²) in [7, 11) is 2.00. The van der Waals surface area contributed by atoms with Crippen LogP contribution >= 0.6 is 23.2 Å². The maximum absolute atomic E-state index is 13.0. The lowest BCUT2D eigenvalue weighted by atomic mass is 10.2. The standard InChI is InChI=1S/C18H17Cl2N4O4/c1-21-5-7-22(8-6-21)18(25)28-16-4-2-3-13-17(16)24(27)15-10-12(20)11(19)9-14(15)23(13)26/h2-4,9-10,26H,5-8H2,1H3/q+1/p+1. The fourth-order valence-electron chi connectivity index (χ4n) is 3.24. The molecule has 10 heteroatoms. The topological polar surface area (TPSA) is 83.8 Å². The van der Waals surface area contributed by atoms with Crippen LogP contribution < -0.4 is 9.16 Å². The van der Waals surface area contributed by atoms with Crippen molar-refractivity contribution in [3.05, 3.63) is 45.3 Å². The summed E-state index contributed by atoms with van der Waals surface area (Å²) in [5, 5.41) is 21.4. The Labute approximate surface area is 169 Å². The molecule has 2 heterocycles. The molecule has 28 heavy (non-hydrogen) atoms. The fourth-order valence-corrected chi connectivity index (χ4v) is 3.55. The van der Waals surface area contributed by atoms with Crippen LogP contribution in [0.2, 0.25) is 10.0 Å². The van der Waals surface area contributed by atoms with E-state index in [9.17, 15) is 15.2 Å². The van der Waals surface area contributed by atoms with Gasteiger partial charge < -0.3 is 15.1 Å². The first-order valence-electron chi connectivity index (χ1n) is 8.62. The molecule has 0 atom stereocenters. The van der Waals surface area contributed by atoms with Crippen LogP contribution in [-0.4, -0.2) is 63.8 Å². The number of para-hydroxylation sites is 1. The smallest absolute Gasteiger partial charge is 0.430 e. The molecule has 0 aliphatic carbocycles. The molecule has 146 valence electrons. The average molecular weight is 425 g/mol. The molecule has 0 bridgehead atoms. The molecule has 0 unspecified atom stereocenters. The van der Waals surface area contributed by atoms with Crippen molar-refractivity contribution in [1.82, 2.24) is 9.63 Å². The normalized spacial score (nSPS) is 15.3. The maximum atomic E-state index is 13.0. The molecule has 0 spiro atoms. The van der Waals surface area contributed by atoms with Crippen LogP contribution in [0.1, 0.15) is 0 Å². The summed E-state index contributed by atoms with van der Waals surface area (Å²) in [6.07, 6.45) is -0.292. The number of halogens is 2. The van der Waals surface area contributed by atoms with Crippen molar-refractivity contribution in [2.75, 3.05) is 33.2 Å². The number of hydrogen-bond acceptors (Lipinski definition) is 4. The van der Waals surface area contributed by atoms with E-state index in [-0.39, 0.29) is 43.9 Å². The minimum Gasteiger partial charge on any atom is -0.430 e. The van der Waals surface area contributed by atoms with Gasteiger partial charge in [0.05, 0.1) is 27.6 Å². The van der Waals surface area contributed by atoms with E-state index in [1.54, 1.807) is 22.8 Å². The minimum absolute atomic E-state index is 0.0524. The van der Waals surface area contributed by atoms with Crippen LogP contribution in [0, 0.1) is 4.91 Å². The average Bonchev–Trinajstić information content (AvgIpc) is 2.68. The molecule has 1 aliphatic heterocycles. The Morgan fingerprint density at radius 1 is 1.14 bits per heavy atom. The summed E-state index contributed by atoms with van der Waals surface area (Å²) >= 11 is 12.1. The second kappa shape index (κ2) is 7.12. The van der Waals surface area contributed by atoms with Crippen LogP contribution in [0.25, 0.3) is 22.1 Å². The summed E-state index contributed by atoms with van der Waals surface area (Å²) in [4.78, 5) is 15.2. The molecule has 1 fully saturated rings. The van der Waals surface area contributed by atoms with Gasteiger partial charge in [0.2, 0.25) is 5.75 Å². The molecule has 8 nitrogen and oxygen atoms in total. The van der Waals surface area contributed by atoms with Crippen LogP contribution in [0.3, 0.4) is 0 Å². The number of rotatable bonds is 1. The second-order valence-electron chi connectivity index (χ2n) is 6.66. The molecule has 2 aromatic carbocycles. The summed E-state index contributed by atoms with van der Waals surface area (Å²) in [6, 6.07) is 7.51. The molecule has 1 saturated heterocycles. The minimum atomic E-state index is -0.292. The summed E-state index contributed by atoms with van der Waals surface area (Å²) < 4.78 is 8.76. The Morgan fingerprint density at radius 2 is 1.82 bits per heavy atom. The first-order chi connectivity index (χ1) is 13.4. The van der Waals surface area contributed by atoms with E-state index < -0.39 is 0 Å². The van der Waals surface area contributed by atoms with Gasteiger partial charge in [0, 0.05) is 11.0 Å². The predicted molar refractivity (Wildman–Crippen MR) is 106 cm³/mol. The van der Waals surface area contributed by atoms with Gasteiger partial charge in [0.25, 0.3) is 5.52 Å². The molecule has 1 aliphatic rings. The van der Waals surface area contributed by atoms with Crippen molar-refractivity contribution in [3.63, 3.8) is 0 Å². The van der Waals surface area contributed by atoms with Gasteiger partial charge in [-0.15, -0.1) is 0 Å². The summed E-state index contributed by atoms with van der Waals surface area (Å²) in [5.41, 5.74) is 0.557. The predicted octanol–water partition coefficient (Wildman–Crippen LogP) is 2.50. The van der Waals surface area contributed by atoms with E-state index in [0.717, 1.165) is 17.8 Å². The number of nitrogens with zero attached hydrogens (tertiary/aromatic N) is 4. The lowest BCUT2D eigenvalue weighted by Gasteiger charge is -2.19. The summed E-state index contributed by atoms with van der Waals surface area (Å²) in [5.74, 6) is 0.111. The van der Waals surface area contributed by atoms with Gasteiger partial charge in [0.1, 0.15) is 0 Å². The third kappa shape index (κ3) is 3.13. The highest BCUT2D eigenvalue weighted by Crippen LogP contribution is 2.29. The Morgan fingerprint density at radius 3 is 2.54 bits per heavy atom. The summed E-state index contributed by atoms with van der Waals surface area (Å²) in [6.45, 7) is 2.76. The SMILES string of the molecule is CN1CC[N+](=C(O)Oc2cccc3c2[n+](=O)c2cc(Cl)c(Cl)cc2n3O)CC1. The van der Waals surface area contributed by atoms with Crippen molar-refractivity contribution in [1.29, 1.82) is 0 Å². The van der Waals surface area contributed by atoms with Crippen LogP contribution in [0.5, 0.6) is 5.75 Å². The lowest BCUT2D eigenvalue weighted by molar-refractivity contribution is -0.553. The molecule has 0 radical (unpaired) electrons. The molecular weight excluding hydrogens is 407 g/mol. The quantitative estimate of drug-likeness (QED) is 0.271. The number of ether oxygens (including phenoxy) is 1. The number of piperazine rings is 1. The van der Waals surface area contributed by atoms with Crippen molar-refractivity contribution >= 4 is 51.4 Å². The largest absolute Gasteiger partial charge is 0.552 e. The maximum Gasteiger partial charge on any atom is 0.552 e. The third-order valence-electron chi connectivity index (χ3n) is 4.85. The van der Waals surface area contributed by atoms with E-state index in [1.807, 2.05) is 7.05 Å². The number of likely N-dealkylation sites (N-methyl/N-ethyl adjacent to an activating group) is 1. The Hall–Kier alpha value is -2.55. The van der Waals surface area contributed by atoms with Crippen molar-refractivity contribution in [3.8, 4) is 5.75 Å². The molecule has 1 aromatic heterocycles. The number of aromatic nitrogens is 2. The van der Waals surface area contributed by atoms with Gasteiger partial charge >= 0.3 is 11.6 Å². The first kappa shape index (κ1) is 18.8. The van der Waals surface area contributed by atoms with Crippen molar-refractivity contribution in [2.45, 2.75) is 0 Å². The van der Waals surface area contributed by atoms with Crippen LogP contribution in [0.4, 0.5) is 0 Å². The highest BCUT2D eigenvalue weighted by Gasteiger charge is 2.28. The lowest BCUT2D eigenvalue weighted by Crippen LogP contribution is -2.43. The number of aliphatic hydroxyl groups is 1. The van der Waals surface area contributed by atoms with Gasteiger partial charge in [-0.1, -0.05) is 29.3 Å². The van der Waals surface area contributed by atoms with E-state index in [2.05, 4.69) is 4.90 Å². The zero-order valence-corrected chi connectivity index (χ0v) is 16.5. The zero-order valence-electron chi connectivity index (χ0n) is 15.0. The number of benzene rings is 2. The van der Waals surface area contributed by atoms with E-state index in [4.69, 9.17) is 27.9 Å². The first-order valence-corrected chi connectivity index (χ1v) is 9.38. The van der Waals surface area contributed by atoms with Gasteiger partial charge in [-0.3, -0.25) is 4.90 Å². The van der Waals surface area contributed by atoms with E-state index >= 15 is 0 Å². The third-order valence-corrected chi connectivity index (χ3v) is 5.57. The fraction of sp³-hybridized carbons (Fsp3) is 0.278. The van der Waals surface area contributed by atoms with Gasteiger partial charge in [-0.2, -0.15) is 9.31 Å². The molecule has 3 aromatic rings. The van der Waals surface area contributed by atoms with E-state index in [0.29, 0.717) is 17.5 Å². The molecule has 0 saturated carbocycles. The zero-order chi connectivity index (χ0) is 20.0. The van der Waals surface area contributed by atoms with Gasteiger partial charge in [-0.05, 0) is 25.2 Å². The van der Waals surface area contributed by atoms with Gasteiger partial charge in [0.15, 0.2) is 24.1 Å². The Balaban J connectivity index is 1.90. The molecule has 0 amide bonds. The Kier molecular flexibility index (Phi) is 4.78. The number of fused-ring (bicyclic) bond motifs is 2. The van der Waals surface area contributed by atoms with Crippen LogP contribution in [0.15, 0.2) is 30.3 Å². The number of hydrogen-bond donors (Lipinski definition) is 2. The monoisotopic (exact) mass is 424 g/mol. The molecular formula is C18H18Cl2N4O4+2. The number of aliphatic hydroxyl groups excluding tert-OH is 1. The molecule has 4 rings (SSSR count). The Bertz CT molecular complexity index is 1180. The second-order valence-corrected chi connectivity index (χ2v) is 7.47. The van der Waals surface area contributed by atoms with Gasteiger partial charge in [-0.25, -0.2) is 0 Å². The highest BCUT2D eigenvalue weighted by atomic mass is 35.5. The molecule has 2 N–H and O–H groups in total. The van der Waals surface area contributed by atoms with Crippen molar-refractivity contribution in [2.24, 2.45) is 0 Å². The van der Waals surface area contributed by atoms with Crippen molar-refractivity contribution < 1.29 is 24.1 Å².